The largest absolute Gasteiger partial charge is 0.490 e. The standard InChI is InChI=1S/C17H20N2O4S/c1-4-8-23-14-7-6-12(9-15(14)22-5-2)16(21)19-17-18-13(10-24-17)11(3)20/h6-7,9-10H,4-5,8H2,1-3H3,(H,18,19,21). The van der Waals surface area contributed by atoms with Gasteiger partial charge in [-0.3, -0.25) is 14.9 Å². The number of carbonyl (C=O) groups is 2. The Morgan fingerprint density at radius 2 is 2.00 bits per heavy atom. The van der Waals surface area contributed by atoms with Crippen molar-refractivity contribution in [2.75, 3.05) is 18.5 Å². The Kier molecular flexibility index (Phi) is 6.31. The topological polar surface area (TPSA) is 77.5 Å². The molecule has 0 aliphatic carbocycles. The lowest BCUT2D eigenvalue weighted by molar-refractivity contribution is 0.100. The SMILES string of the molecule is CCCOc1ccc(C(=O)Nc2nc(C(C)=O)cs2)cc1OCC. The molecule has 0 fully saturated rings. The zero-order valence-corrected chi connectivity index (χ0v) is 14.7. The van der Waals surface area contributed by atoms with Crippen molar-refractivity contribution in [3.05, 3.63) is 34.8 Å². The second-order valence-corrected chi connectivity index (χ2v) is 5.85. The first-order valence-electron chi connectivity index (χ1n) is 7.72. The molecule has 2 rings (SSSR count). The van der Waals surface area contributed by atoms with Crippen molar-refractivity contribution < 1.29 is 19.1 Å². The Morgan fingerprint density at radius 1 is 1.21 bits per heavy atom. The fourth-order valence-electron chi connectivity index (χ4n) is 1.91. The highest BCUT2D eigenvalue weighted by Crippen LogP contribution is 2.29. The maximum atomic E-state index is 12.3. The zero-order valence-electron chi connectivity index (χ0n) is 13.9. The Bertz CT molecular complexity index is 727. The summed E-state index contributed by atoms with van der Waals surface area (Å²) in [7, 11) is 0. The molecule has 0 atom stereocenters. The fourth-order valence-corrected chi connectivity index (χ4v) is 2.66. The minimum atomic E-state index is -0.317. The molecule has 0 aliphatic rings. The van der Waals surface area contributed by atoms with Gasteiger partial charge < -0.3 is 9.47 Å². The number of aromatic nitrogens is 1. The van der Waals surface area contributed by atoms with Gasteiger partial charge in [0, 0.05) is 17.9 Å². The predicted octanol–water partition coefficient (Wildman–Crippen LogP) is 3.79. The number of ketones is 1. The van der Waals surface area contributed by atoms with E-state index in [1.807, 2.05) is 13.8 Å². The number of nitrogens with one attached hydrogen (secondary N) is 1. The van der Waals surface area contributed by atoms with Gasteiger partial charge in [-0.25, -0.2) is 4.98 Å². The molecule has 1 N–H and O–H groups in total. The number of amides is 1. The average molecular weight is 348 g/mol. The quantitative estimate of drug-likeness (QED) is 0.735. The third kappa shape index (κ3) is 4.55. The number of benzene rings is 1. The number of carbonyl (C=O) groups excluding carboxylic acids is 2. The third-order valence-corrected chi connectivity index (χ3v) is 3.81. The van der Waals surface area contributed by atoms with E-state index in [1.54, 1.807) is 23.6 Å². The summed E-state index contributed by atoms with van der Waals surface area (Å²) in [6, 6.07) is 5.03. The number of hydrogen-bond acceptors (Lipinski definition) is 6. The number of hydrogen-bond donors (Lipinski definition) is 1. The number of nitrogens with zero attached hydrogens (tertiary/aromatic N) is 1. The van der Waals surface area contributed by atoms with Crippen LogP contribution in [0.1, 0.15) is 48.0 Å². The van der Waals surface area contributed by atoms with E-state index >= 15 is 0 Å². The fraction of sp³-hybridized carbons (Fsp3) is 0.353. The van der Waals surface area contributed by atoms with Crippen LogP contribution in [0.5, 0.6) is 11.5 Å². The molecule has 0 saturated heterocycles. The smallest absolute Gasteiger partial charge is 0.257 e. The summed E-state index contributed by atoms with van der Waals surface area (Å²) in [4.78, 5) is 27.7. The van der Waals surface area contributed by atoms with Crippen molar-refractivity contribution >= 4 is 28.2 Å². The molecule has 0 saturated carbocycles. The van der Waals surface area contributed by atoms with Gasteiger partial charge >= 0.3 is 0 Å². The molecule has 1 aromatic heterocycles. The van der Waals surface area contributed by atoms with Crippen molar-refractivity contribution in [2.24, 2.45) is 0 Å². The summed E-state index contributed by atoms with van der Waals surface area (Å²) in [5, 5.41) is 4.69. The molecule has 128 valence electrons. The van der Waals surface area contributed by atoms with Gasteiger partial charge in [-0.2, -0.15) is 0 Å². The molecule has 0 spiro atoms. The van der Waals surface area contributed by atoms with Crippen LogP contribution < -0.4 is 14.8 Å². The Balaban J connectivity index is 2.15. The summed E-state index contributed by atoms with van der Waals surface area (Å²) in [6.07, 6.45) is 0.885. The molecule has 0 radical (unpaired) electrons. The number of rotatable bonds is 8. The van der Waals surface area contributed by atoms with E-state index in [0.29, 0.717) is 41.1 Å². The van der Waals surface area contributed by atoms with Gasteiger partial charge in [-0.1, -0.05) is 6.92 Å². The van der Waals surface area contributed by atoms with Gasteiger partial charge in [0.2, 0.25) is 0 Å². The Hall–Kier alpha value is -2.41. The van der Waals surface area contributed by atoms with Gasteiger partial charge in [0.05, 0.1) is 13.2 Å². The van der Waals surface area contributed by atoms with Gasteiger partial charge in [-0.15, -0.1) is 11.3 Å². The normalized spacial score (nSPS) is 10.3. The number of Topliss-reactive ketones (excluding diaryl/α,β-unsaturated/α-hetero) is 1. The average Bonchev–Trinajstić information content (AvgIpc) is 3.02. The highest BCUT2D eigenvalue weighted by Gasteiger charge is 2.14. The van der Waals surface area contributed by atoms with Crippen LogP contribution in [0.3, 0.4) is 0 Å². The summed E-state index contributed by atoms with van der Waals surface area (Å²) >= 11 is 1.21. The van der Waals surface area contributed by atoms with Gasteiger partial charge in [0.15, 0.2) is 22.4 Å². The Morgan fingerprint density at radius 3 is 2.62 bits per heavy atom. The summed E-state index contributed by atoms with van der Waals surface area (Å²) in [5.74, 6) is 0.691. The third-order valence-electron chi connectivity index (χ3n) is 3.05. The van der Waals surface area contributed by atoms with Crippen molar-refractivity contribution in [3.8, 4) is 11.5 Å². The molecule has 6 nitrogen and oxygen atoms in total. The lowest BCUT2D eigenvalue weighted by atomic mass is 10.2. The van der Waals surface area contributed by atoms with Gasteiger partial charge in [-0.05, 0) is 31.5 Å². The van der Waals surface area contributed by atoms with Crippen molar-refractivity contribution in [2.45, 2.75) is 27.2 Å². The van der Waals surface area contributed by atoms with Crippen LogP contribution in [-0.4, -0.2) is 29.9 Å². The molecule has 1 amide bonds. The van der Waals surface area contributed by atoms with E-state index in [4.69, 9.17) is 9.47 Å². The first kappa shape index (κ1) is 17.9. The monoisotopic (exact) mass is 348 g/mol. The van der Waals surface area contributed by atoms with Crippen LogP contribution in [0.2, 0.25) is 0 Å². The molecule has 24 heavy (non-hydrogen) atoms. The highest BCUT2D eigenvalue weighted by molar-refractivity contribution is 7.14. The summed E-state index contributed by atoms with van der Waals surface area (Å²) in [6.45, 7) is 6.38. The first-order chi connectivity index (χ1) is 11.5. The molecule has 2 aromatic rings. The van der Waals surface area contributed by atoms with Crippen LogP contribution in [-0.2, 0) is 0 Å². The van der Waals surface area contributed by atoms with E-state index < -0.39 is 0 Å². The van der Waals surface area contributed by atoms with Crippen molar-refractivity contribution in [3.63, 3.8) is 0 Å². The molecule has 0 aliphatic heterocycles. The van der Waals surface area contributed by atoms with Crippen LogP contribution in [0.4, 0.5) is 5.13 Å². The van der Waals surface area contributed by atoms with E-state index in [1.165, 1.54) is 18.3 Å². The minimum Gasteiger partial charge on any atom is -0.490 e. The second-order valence-electron chi connectivity index (χ2n) is 4.99. The summed E-state index contributed by atoms with van der Waals surface area (Å²) in [5.41, 5.74) is 0.774. The predicted molar refractivity (Wildman–Crippen MR) is 93.5 cm³/mol. The number of thiazole rings is 1. The van der Waals surface area contributed by atoms with Crippen molar-refractivity contribution in [1.82, 2.24) is 4.98 Å². The van der Waals surface area contributed by atoms with E-state index in [9.17, 15) is 9.59 Å². The summed E-state index contributed by atoms with van der Waals surface area (Å²) < 4.78 is 11.2. The minimum absolute atomic E-state index is 0.136. The molecular formula is C17H20N2O4S. The molecule has 1 aromatic carbocycles. The van der Waals surface area contributed by atoms with E-state index in [0.717, 1.165) is 6.42 Å². The van der Waals surface area contributed by atoms with Crippen LogP contribution in [0, 0.1) is 0 Å². The number of anilines is 1. The maximum absolute atomic E-state index is 12.3. The second kappa shape index (κ2) is 8.44. The molecular weight excluding hydrogens is 328 g/mol. The maximum Gasteiger partial charge on any atom is 0.257 e. The zero-order chi connectivity index (χ0) is 17.5. The molecule has 0 unspecified atom stereocenters. The molecule has 1 heterocycles. The first-order valence-corrected chi connectivity index (χ1v) is 8.60. The molecule has 7 heteroatoms. The van der Waals surface area contributed by atoms with Gasteiger partial charge in [0.25, 0.3) is 5.91 Å². The lowest BCUT2D eigenvalue weighted by Crippen LogP contribution is -2.12. The van der Waals surface area contributed by atoms with Crippen LogP contribution in [0.25, 0.3) is 0 Å². The number of ether oxygens (including phenoxy) is 2. The van der Waals surface area contributed by atoms with Crippen LogP contribution >= 0.6 is 11.3 Å². The van der Waals surface area contributed by atoms with E-state index in [-0.39, 0.29) is 11.7 Å². The van der Waals surface area contributed by atoms with Crippen molar-refractivity contribution in [1.29, 1.82) is 0 Å². The lowest BCUT2D eigenvalue weighted by Gasteiger charge is -2.12. The van der Waals surface area contributed by atoms with Gasteiger partial charge in [0.1, 0.15) is 5.69 Å². The Labute approximate surface area is 144 Å². The molecule has 0 bridgehead atoms. The van der Waals surface area contributed by atoms with E-state index in [2.05, 4.69) is 10.3 Å². The van der Waals surface area contributed by atoms with Crippen LogP contribution in [0.15, 0.2) is 23.6 Å². The highest BCUT2D eigenvalue weighted by atomic mass is 32.1.